The second kappa shape index (κ2) is 6.62. The maximum atomic E-state index is 13.7. The zero-order valence-electron chi connectivity index (χ0n) is 12.6. The predicted octanol–water partition coefficient (Wildman–Crippen LogP) is 4.03. The molecule has 7 heteroatoms. The number of ether oxygens (including phenoxy) is 2. The number of hydrogen-bond donors (Lipinski definition) is 0. The van der Waals surface area contributed by atoms with Gasteiger partial charge in [-0.05, 0) is 24.3 Å². The highest BCUT2D eigenvalue weighted by atomic mass is 32.2. The van der Waals surface area contributed by atoms with Crippen molar-refractivity contribution in [3.63, 3.8) is 0 Å². The second-order valence-corrected chi connectivity index (χ2v) is 6.12. The Kier molecular flexibility index (Phi) is 4.18. The lowest BCUT2D eigenvalue weighted by atomic mass is 10.1. The van der Waals surface area contributed by atoms with Gasteiger partial charge >= 0.3 is 0 Å². The molecule has 4 rings (SSSR count). The van der Waals surface area contributed by atoms with Crippen LogP contribution in [0.1, 0.15) is 11.1 Å². The van der Waals surface area contributed by atoms with Crippen LogP contribution in [0.25, 0.3) is 11.5 Å². The van der Waals surface area contributed by atoms with Crippen LogP contribution in [0, 0.1) is 5.82 Å². The highest BCUT2D eigenvalue weighted by molar-refractivity contribution is 7.98. The van der Waals surface area contributed by atoms with E-state index in [9.17, 15) is 4.39 Å². The quantitative estimate of drug-likeness (QED) is 0.666. The van der Waals surface area contributed by atoms with Gasteiger partial charge < -0.3 is 13.9 Å². The maximum Gasteiger partial charge on any atom is 0.277 e. The molecule has 24 heavy (non-hydrogen) atoms. The summed E-state index contributed by atoms with van der Waals surface area (Å²) in [4.78, 5) is 0. The Bertz CT molecular complexity index is 854. The van der Waals surface area contributed by atoms with Gasteiger partial charge in [0.1, 0.15) is 11.6 Å². The van der Waals surface area contributed by atoms with E-state index in [2.05, 4.69) is 10.2 Å². The van der Waals surface area contributed by atoms with Gasteiger partial charge in [0, 0.05) is 22.4 Å². The molecule has 5 nitrogen and oxygen atoms in total. The Morgan fingerprint density at radius 3 is 2.88 bits per heavy atom. The van der Waals surface area contributed by atoms with E-state index in [1.807, 2.05) is 30.3 Å². The monoisotopic (exact) mass is 344 g/mol. The van der Waals surface area contributed by atoms with E-state index < -0.39 is 0 Å². The van der Waals surface area contributed by atoms with Crippen molar-refractivity contribution in [1.29, 1.82) is 0 Å². The summed E-state index contributed by atoms with van der Waals surface area (Å²) in [6, 6.07) is 12.4. The molecule has 0 saturated carbocycles. The van der Waals surface area contributed by atoms with Crippen molar-refractivity contribution in [1.82, 2.24) is 10.2 Å². The van der Waals surface area contributed by atoms with Crippen molar-refractivity contribution in [2.45, 2.75) is 17.6 Å². The molecule has 0 amide bonds. The van der Waals surface area contributed by atoms with Crippen molar-refractivity contribution >= 4 is 11.8 Å². The molecule has 3 aromatic rings. The molecule has 0 radical (unpaired) electrons. The van der Waals surface area contributed by atoms with Gasteiger partial charge in [0.15, 0.2) is 6.79 Å². The van der Waals surface area contributed by atoms with Crippen LogP contribution in [-0.2, 0) is 17.1 Å². The third-order valence-electron chi connectivity index (χ3n) is 3.53. The lowest BCUT2D eigenvalue weighted by Gasteiger charge is -2.20. The molecule has 0 unspecified atom stereocenters. The number of thioether (sulfide) groups is 1. The Morgan fingerprint density at radius 1 is 1.12 bits per heavy atom. The second-order valence-electron chi connectivity index (χ2n) is 5.19. The Labute approximate surface area is 141 Å². The Morgan fingerprint density at radius 2 is 2.00 bits per heavy atom. The summed E-state index contributed by atoms with van der Waals surface area (Å²) >= 11 is 1.34. The molecular weight excluding hydrogens is 331 g/mol. The molecule has 1 aromatic heterocycles. The lowest BCUT2D eigenvalue weighted by molar-refractivity contribution is -0.0171. The van der Waals surface area contributed by atoms with E-state index in [4.69, 9.17) is 13.9 Å². The van der Waals surface area contributed by atoms with E-state index in [1.54, 1.807) is 0 Å². The van der Waals surface area contributed by atoms with Crippen molar-refractivity contribution in [2.75, 3.05) is 6.79 Å². The van der Waals surface area contributed by atoms with Crippen molar-refractivity contribution in [3.05, 3.63) is 59.4 Å². The Hall–Kier alpha value is -2.38. The molecule has 0 fully saturated rings. The molecule has 1 aliphatic rings. The summed E-state index contributed by atoms with van der Waals surface area (Å²) in [5.41, 5.74) is 2.32. The molecule has 1 aliphatic heterocycles. The molecule has 0 saturated heterocycles. The molecule has 0 spiro atoms. The molecule has 2 heterocycles. The first-order valence-corrected chi connectivity index (χ1v) is 8.32. The predicted molar refractivity (Wildman–Crippen MR) is 86.0 cm³/mol. The number of fused-ring (bicyclic) bond motifs is 1. The first kappa shape index (κ1) is 15.2. The fourth-order valence-electron chi connectivity index (χ4n) is 2.47. The minimum absolute atomic E-state index is 0.176. The molecule has 2 aromatic carbocycles. The number of nitrogens with zero attached hydrogens (tertiary/aromatic N) is 2. The lowest BCUT2D eigenvalue weighted by Crippen LogP contribution is -2.13. The van der Waals surface area contributed by atoms with Gasteiger partial charge in [-0.25, -0.2) is 4.39 Å². The van der Waals surface area contributed by atoms with Gasteiger partial charge in [-0.3, -0.25) is 0 Å². The smallest absolute Gasteiger partial charge is 0.277 e. The Balaban J connectivity index is 1.52. The summed E-state index contributed by atoms with van der Waals surface area (Å²) in [6.45, 7) is 0.526. The SMILES string of the molecule is Fc1cc2c(c(CSc3nnc(-c4ccccc4)o3)c1)OCOC2. The van der Waals surface area contributed by atoms with Gasteiger partial charge in [0.2, 0.25) is 5.89 Å². The summed E-state index contributed by atoms with van der Waals surface area (Å²) in [7, 11) is 0. The molecule has 0 N–H and O–H groups in total. The highest BCUT2D eigenvalue weighted by Crippen LogP contribution is 2.34. The summed E-state index contributed by atoms with van der Waals surface area (Å²) in [5.74, 6) is 1.30. The molecular formula is C17H13FN2O3S. The van der Waals surface area contributed by atoms with Crippen LogP contribution in [0.3, 0.4) is 0 Å². The third-order valence-corrected chi connectivity index (χ3v) is 4.40. The fraction of sp³-hybridized carbons (Fsp3) is 0.176. The first-order valence-electron chi connectivity index (χ1n) is 7.33. The van der Waals surface area contributed by atoms with E-state index in [0.29, 0.717) is 34.8 Å². The summed E-state index contributed by atoms with van der Waals surface area (Å²) < 4.78 is 30.1. The molecule has 0 atom stereocenters. The van der Waals surface area contributed by atoms with Crippen LogP contribution in [0.5, 0.6) is 5.75 Å². The minimum Gasteiger partial charge on any atom is -0.467 e. The molecule has 0 aliphatic carbocycles. The van der Waals surface area contributed by atoms with Gasteiger partial charge in [-0.2, -0.15) is 0 Å². The van der Waals surface area contributed by atoms with Crippen LogP contribution in [0.2, 0.25) is 0 Å². The van der Waals surface area contributed by atoms with E-state index in [-0.39, 0.29) is 12.6 Å². The summed E-state index contributed by atoms with van der Waals surface area (Å²) in [6.07, 6.45) is 0. The minimum atomic E-state index is -0.311. The van der Waals surface area contributed by atoms with E-state index >= 15 is 0 Å². The average molecular weight is 344 g/mol. The maximum absolute atomic E-state index is 13.7. The molecule has 0 bridgehead atoms. The largest absolute Gasteiger partial charge is 0.467 e. The van der Waals surface area contributed by atoms with Gasteiger partial charge in [0.25, 0.3) is 5.22 Å². The average Bonchev–Trinajstić information content (AvgIpc) is 3.09. The van der Waals surface area contributed by atoms with Gasteiger partial charge in [-0.1, -0.05) is 30.0 Å². The van der Waals surface area contributed by atoms with E-state index in [0.717, 1.165) is 11.1 Å². The molecule has 122 valence electrons. The van der Waals surface area contributed by atoms with Crippen LogP contribution >= 0.6 is 11.8 Å². The van der Waals surface area contributed by atoms with E-state index in [1.165, 1.54) is 23.9 Å². The number of benzene rings is 2. The summed E-state index contributed by atoms with van der Waals surface area (Å²) in [5, 5.41) is 8.50. The number of hydrogen-bond acceptors (Lipinski definition) is 6. The van der Waals surface area contributed by atoms with Gasteiger partial charge in [-0.15, -0.1) is 10.2 Å². The standard InChI is InChI=1S/C17H13FN2O3S/c18-14-6-12-8-21-10-22-15(12)13(7-14)9-24-17-20-19-16(23-17)11-4-2-1-3-5-11/h1-7H,8-10H2. The zero-order valence-corrected chi connectivity index (χ0v) is 13.4. The topological polar surface area (TPSA) is 57.4 Å². The zero-order chi connectivity index (χ0) is 16.4. The third kappa shape index (κ3) is 3.13. The normalized spacial score (nSPS) is 13.4. The fourth-order valence-corrected chi connectivity index (χ4v) is 3.20. The van der Waals surface area contributed by atoms with Crippen LogP contribution in [0.4, 0.5) is 4.39 Å². The van der Waals surface area contributed by atoms with Crippen molar-refractivity contribution in [3.8, 4) is 17.2 Å². The van der Waals surface area contributed by atoms with Crippen molar-refractivity contribution < 1.29 is 18.3 Å². The van der Waals surface area contributed by atoms with Gasteiger partial charge in [0.05, 0.1) is 6.61 Å². The van der Waals surface area contributed by atoms with Crippen LogP contribution < -0.4 is 4.74 Å². The van der Waals surface area contributed by atoms with Crippen LogP contribution in [0.15, 0.2) is 52.1 Å². The first-order chi connectivity index (χ1) is 11.8. The number of rotatable bonds is 4. The number of aromatic nitrogens is 2. The van der Waals surface area contributed by atoms with Crippen molar-refractivity contribution in [2.24, 2.45) is 0 Å². The highest BCUT2D eigenvalue weighted by Gasteiger charge is 2.18. The number of halogens is 1. The van der Waals surface area contributed by atoms with Crippen LogP contribution in [-0.4, -0.2) is 17.0 Å².